The van der Waals surface area contributed by atoms with Gasteiger partial charge in [0.15, 0.2) is 0 Å². The van der Waals surface area contributed by atoms with Crippen molar-refractivity contribution in [2.45, 2.75) is 31.7 Å². The molecule has 1 aromatic rings. The lowest BCUT2D eigenvalue weighted by Crippen LogP contribution is -2.45. The molecule has 0 aliphatic rings. The van der Waals surface area contributed by atoms with Crippen LogP contribution in [-0.4, -0.2) is 33.7 Å². The maximum Gasteiger partial charge on any atom is 0.240 e. The highest BCUT2D eigenvalue weighted by molar-refractivity contribution is 5.87. The summed E-state index contributed by atoms with van der Waals surface area (Å²) in [6.45, 7) is 0. The fraction of sp³-hybridized carbons (Fsp3) is 0.455. The second-order valence-electron chi connectivity index (χ2n) is 4.10. The van der Waals surface area contributed by atoms with E-state index < -0.39 is 17.9 Å². The Morgan fingerprint density at radius 2 is 2.05 bits per heavy atom. The normalized spacial score (nSPS) is 11.8. The fourth-order valence-electron chi connectivity index (χ4n) is 1.51. The zero-order chi connectivity index (χ0) is 14.3. The molecule has 3 amide bonds. The van der Waals surface area contributed by atoms with Crippen molar-refractivity contribution >= 4 is 17.7 Å². The molecule has 0 spiro atoms. The van der Waals surface area contributed by atoms with E-state index in [2.05, 4.69) is 15.3 Å². The smallest absolute Gasteiger partial charge is 0.240 e. The van der Waals surface area contributed by atoms with Gasteiger partial charge in [-0.2, -0.15) is 0 Å². The minimum Gasteiger partial charge on any atom is -0.370 e. The van der Waals surface area contributed by atoms with Gasteiger partial charge in [-0.15, -0.1) is 0 Å². The first-order valence-corrected chi connectivity index (χ1v) is 5.83. The van der Waals surface area contributed by atoms with Gasteiger partial charge in [0, 0.05) is 24.7 Å². The Labute approximate surface area is 109 Å². The molecule has 0 fully saturated rings. The van der Waals surface area contributed by atoms with E-state index in [9.17, 15) is 14.4 Å². The summed E-state index contributed by atoms with van der Waals surface area (Å²) >= 11 is 0. The average molecular weight is 267 g/mol. The number of aromatic nitrogens is 2. The third kappa shape index (κ3) is 5.66. The van der Waals surface area contributed by atoms with Crippen LogP contribution in [0.5, 0.6) is 0 Å². The van der Waals surface area contributed by atoms with E-state index in [0.29, 0.717) is 6.42 Å². The Morgan fingerprint density at radius 3 is 2.58 bits per heavy atom. The highest BCUT2D eigenvalue weighted by Crippen LogP contribution is 2.00. The maximum atomic E-state index is 11.6. The highest BCUT2D eigenvalue weighted by atomic mass is 16.2. The molecule has 104 valence electrons. The number of carbonyl (C=O) groups is 3. The van der Waals surface area contributed by atoms with Crippen molar-refractivity contribution in [2.75, 3.05) is 0 Å². The molecule has 0 aliphatic heterocycles. The third-order valence-electron chi connectivity index (χ3n) is 2.53. The van der Waals surface area contributed by atoms with E-state index in [4.69, 9.17) is 11.5 Å². The first-order valence-electron chi connectivity index (χ1n) is 5.83. The predicted octanol–water partition coefficient (Wildman–Crippen LogP) is -1.42. The minimum atomic E-state index is -0.873. The van der Waals surface area contributed by atoms with Crippen molar-refractivity contribution in [3.05, 3.63) is 18.2 Å². The van der Waals surface area contributed by atoms with Gasteiger partial charge in [-0.3, -0.25) is 14.4 Å². The first-order chi connectivity index (χ1) is 8.99. The molecule has 0 saturated heterocycles. The topological polar surface area (TPSA) is 144 Å². The van der Waals surface area contributed by atoms with Crippen LogP contribution in [0.15, 0.2) is 12.5 Å². The predicted molar refractivity (Wildman–Crippen MR) is 66.5 cm³/mol. The lowest BCUT2D eigenvalue weighted by atomic mass is 10.1. The Balaban J connectivity index is 2.38. The molecule has 0 aromatic carbocycles. The summed E-state index contributed by atoms with van der Waals surface area (Å²) in [6.07, 6.45) is 3.92. The van der Waals surface area contributed by atoms with E-state index in [0.717, 1.165) is 5.69 Å². The van der Waals surface area contributed by atoms with Gasteiger partial charge in [-0.1, -0.05) is 0 Å². The number of carbonyl (C=O) groups excluding carboxylic acids is 3. The molecular weight excluding hydrogens is 250 g/mol. The number of amides is 3. The minimum absolute atomic E-state index is 0.00552. The summed E-state index contributed by atoms with van der Waals surface area (Å²) in [4.78, 5) is 40.1. The van der Waals surface area contributed by atoms with Crippen LogP contribution in [0.2, 0.25) is 0 Å². The summed E-state index contributed by atoms with van der Waals surface area (Å²) in [5.41, 5.74) is 10.9. The van der Waals surface area contributed by atoms with Crippen molar-refractivity contribution in [3.8, 4) is 0 Å². The molecule has 0 unspecified atom stereocenters. The second kappa shape index (κ2) is 7.14. The number of aromatic amines is 1. The molecule has 1 rings (SSSR count). The molecule has 0 saturated carbocycles. The Hall–Kier alpha value is -2.38. The molecule has 1 atom stereocenters. The second-order valence-corrected chi connectivity index (χ2v) is 4.10. The Bertz CT molecular complexity index is 443. The number of nitrogens with zero attached hydrogens (tertiary/aromatic N) is 1. The molecule has 0 aliphatic carbocycles. The number of nitrogens with two attached hydrogens (primary N) is 2. The van der Waals surface area contributed by atoms with Crippen molar-refractivity contribution in [1.29, 1.82) is 0 Å². The number of H-pyrrole nitrogens is 1. The number of nitrogens with one attached hydrogen (secondary N) is 2. The number of primary amides is 2. The molecule has 8 nitrogen and oxygen atoms in total. The van der Waals surface area contributed by atoms with Crippen molar-refractivity contribution in [2.24, 2.45) is 11.5 Å². The zero-order valence-electron chi connectivity index (χ0n) is 10.4. The number of imidazole rings is 1. The lowest BCUT2D eigenvalue weighted by Gasteiger charge is -2.14. The standard InChI is InChI=1S/C11H17N5O3/c12-9(17)3-2-8(11(13)19)16-10(18)4-1-7-5-14-6-15-7/h5-6,8H,1-4H2,(H2,12,17)(H2,13,19)(H,14,15)(H,16,18)/t8-/m0/s1. The number of aryl methyl sites for hydroxylation is 1. The summed E-state index contributed by atoms with van der Waals surface area (Å²) in [7, 11) is 0. The van der Waals surface area contributed by atoms with Crippen molar-refractivity contribution < 1.29 is 14.4 Å². The third-order valence-corrected chi connectivity index (χ3v) is 2.53. The van der Waals surface area contributed by atoms with Crippen LogP contribution < -0.4 is 16.8 Å². The molecular formula is C11H17N5O3. The van der Waals surface area contributed by atoms with Crippen LogP contribution in [0, 0.1) is 0 Å². The Kier molecular flexibility index (Phi) is 5.52. The molecule has 0 radical (unpaired) electrons. The average Bonchev–Trinajstić information content (AvgIpc) is 2.84. The van der Waals surface area contributed by atoms with Gasteiger partial charge in [-0.25, -0.2) is 4.98 Å². The maximum absolute atomic E-state index is 11.6. The zero-order valence-corrected chi connectivity index (χ0v) is 10.4. The highest BCUT2D eigenvalue weighted by Gasteiger charge is 2.18. The summed E-state index contributed by atoms with van der Waals surface area (Å²) < 4.78 is 0. The number of hydrogen-bond acceptors (Lipinski definition) is 4. The molecule has 19 heavy (non-hydrogen) atoms. The van der Waals surface area contributed by atoms with E-state index in [1.807, 2.05) is 0 Å². The van der Waals surface area contributed by atoms with Gasteiger partial charge in [0.05, 0.1) is 6.33 Å². The molecule has 1 heterocycles. The summed E-state index contributed by atoms with van der Waals surface area (Å²) in [5, 5.41) is 2.48. The molecule has 0 bridgehead atoms. The van der Waals surface area contributed by atoms with E-state index in [-0.39, 0.29) is 25.2 Å². The van der Waals surface area contributed by atoms with Gasteiger partial charge in [0.25, 0.3) is 0 Å². The van der Waals surface area contributed by atoms with Gasteiger partial charge in [-0.05, 0) is 12.8 Å². The van der Waals surface area contributed by atoms with Gasteiger partial charge in [0.1, 0.15) is 6.04 Å². The van der Waals surface area contributed by atoms with Gasteiger partial charge in [0.2, 0.25) is 17.7 Å². The summed E-state index contributed by atoms with van der Waals surface area (Å²) in [5.74, 6) is -1.54. The first kappa shape index (κ1) is 14.7. The van der Waals surface area contributed by atoms with Crippen LogP contribution in [0.1, 0.15) is 25.0 Å². The van der Waals surface area contributed by atoms with Crippen LogP contribution in [0.3, 0.4) is 0 Å². The van der Waals surface area contributed by atoms with Crippen molar-refractivity contribution in [1.82, 2.24) is 15.3 Å². The van der Waals surface area contributed by atoms with Gasteiger partial charge >= 0.3 is 0 Å². The van der Waals surface area contributed by atoms with Gasteiger partial charge < -0.3 is 21.8 Å². The quantitative estimate of drug-likeness (QED) is 0.458. The van der Waals surface area contributed by atoms with Crippen LogP contribution in [0.4, 0.5) is 0 Å². The van der Waals surface area contributed by atoms with Crippen LogP contribution in [-0.2, 0) is 20.8 Å². The van der Waals surface area contributed by atoms with E-state index >= 15 is 0 Å². The molecule has 1 aromatic heterocycles. The van der Waals surface area contributed by atoms with Crippen LogP contribution in [0.25, 0.3) is 0 Å². The number of hydrogen-bond donors (Lipinski definition) is 4. The number of rotatable bonds is 8. The largest absolute Gasteiger partial charge is 0.370 e. The van der Waals surface area contributed by atoms with E-state index in [1.54, 1.807) is 6.20 Å². The fourth-order valence-corrected chi connectivity index (χ4v) is 1.51. The summed E-state index contributed by atoms with van der Waals surface area (Å²) in [6, 6.07) is -0.873. The molecule has 6 N–H and O–H groups in total. The monoisotopic (exact) mass is 267 g/mol. The lowest BCUT2D eigenvalue weighted by molar-refractivity contribution is -0.128. The van der Waals surface area contributed by atoms with Crippen molar-refractivity contribution in [3.63, 3.8) is 0 Å². The SMILES string of the molecule is NC(=O)CC[C@H](NC(=O)CCc1cnc[nH]1)C(N)=O. The molecule has 8 heteroatoms. The van der Waals surface area contributed by atoms with E-state index in [1.165, 1.54) is 6.33 Å². The van der Waals surface area contributed by atoms with Crippen LogP contribution >= 0.6 is 0 Å². The Morgan fingerprint density at radius 1 is 1.32 bits per heavy atom.